The molecule has 1 aliphatic rings. The predicted molar refractivity (Wildman–Crippen MR) is 56.8 cm³/mol. The molecule has 0 aromatic carbocycles. The van der Waals surface area contributed by atoms with Gasteiger partial charge in [-0.1, -0.05) is 6.92 Å². The van der Waals surface area contributed by atoms with Crippen LogP contribution in [0.4, 0.5) is 0 Å². The van der Waals surface area contributed by atoms with Crippen molar-refractivity contribution in [1.82, 2.24) is 0 Å². The lowest BCUT2D eigenvalue weighted by Gasteiger charge is -2.24. The van der Waals surface area contributed by atoms with Gasteiger partial charge in [0.1, 0.15) is 12.2 Å². The van der Waals surface area contributed by atoms with E-state index >= 15 is 0 Å². The zero-order valence-electron chi connectivity index (χ0n) is 10.3. The predicted octanol–water partition coefficient (Wildman–Crippen LogP) is 1.58. The first-order valence-electron chi connectivity index (χ1n) is 5.41. The third-order valence-corrected chi connectivity index (χ3v) is 2.62. The number of hydrogen-bond donors (Lipinski definition) is 0. The summed E-state index contributed by atoms with van der Waals surface area (Å²) in [6.07, 6.45) is 0.884. The van der Waals surface area contributed by atoms with Crippen LogP contribution >= 0.6 is 0 Å². The molecule has 1 fully saturated rings. The van der Waals surface area contributed by atoms with Crippen LogP contribution in [0.1, 0.15) is 27.2 Å². The lowest BCUT2D eigenvalue weighted by molar-refractivity contribution is -0.160. The van der Waals surface area contributed by atoms with E-state index in [1.54, 1.807) is 14.2 Å². The molecule has 0 N–H and O–H groups in total. The molecule has 1 heterocycles. The van der Waals surface area contributed by atoms with Crippen LogP contribution in [0.3, 0.4) is 0 Å². The van der Waals surface area contributed by atoms with Crippen LogP contribution in [0, 0.1) is 0 Å². The Labute approximate surface area is 91.8 Å². The number of rotatable bonds is 5. The number of methoxy groups -OCH3 is 2. The van der Waals surface area contributed by atoms with Gasteiger partial charge in [0.05, 0.1) is 12.7 Å². The molecule has 3 unspecified atom stereocenters. The Bertz CT molecular complexity index is 193. The molecule has 0 amide bonds. The molecular formula is C11H22O4. The minimum absolute atomic E-state index is 0.0463. The lowest BCUT2D eigenvalue weighted by atomic mass is 10.1. The third kappa shape index (κ3) is 3.14. The number of ether oxygens (including phenoxy) is 4. The van der Waals surface area contributed by atoms with E-state index in [0.29, 0.717) is 6.61 Å². The van der Waals surface area contributed by atoms with Crippen molar-refractivity contribution >= 4 is 0 Å². The molecule has 4 heteroatoms. The van der Waals surface area contributed by atoms with Crippen molar-refractivity contribution in [1.29, 1.82) is 0 Å². The van der Waals surface area contributed by atoms with Crippen molar-refractivity contribution in [2.45, 2.75) is 51.3 Å². The fraction of sp³-hybridized carbons (Fsp3) is 1.00. The van der Waals surface area contributed by atoms with Gasteiger partial charge in [-0.15, -0.1) is 0 Å². The maximum Gasteiger partial charge on any atom is 0.163 e. The Kier molecular flexibility index (Phi) is 4.52. The summed E-state index contributed by atoms with van der Waals surface area (Å²) in [5.74, 6) is -0.518. The van der Waals surface area contributed by atoms with Crippen LogP contribution in [0.25, 0.3) is 0 Å². The standard InChI is InChI=1S/C11H22O4/c1-6-8-10(9(13-5)7-12-4)15-11(2,3)14-8/h8-10H,6-7H2,1-5H3. The molecule has 1 saturated heterocycles. The van der Waals surface area contributed by atoms with Crippen LogP contribution in [0.2, 0.25) is 0 Å². The van der Waals surface area contributed by atoms with Crippen molar-refractivity contribution < 1.29 is 18.9 Å². The van der Waals surface area contributed by atoms with Gasteiger partial charge in [-0.3, -0.25) is 0 Å². The molecule has 1 rings (SSSR count). The van der Waals surface area contributed by atoms with E-state index in [0.717, 1.165) is 6.42 Å². The first-order chi connectivity index (χ1) is 7.04. The molecule has 0 aromatic heterocycles. The van der Waals surface area contributed by atoms with E-state index in [4.69, 9.17) is 18.9 Å². The van der Waals surface area contributed by atoms with Crippen LogP contribution in [-0.4, -0.2) is 44.9 Å². The summed E-state index contributed by atoms with van der Waals surface area (Å²) in [4.78, 5) is 0. The minimum Gasteiger partial charge on any atom is -0.382 e. The Balaban J connectivity index is 2.65. The Morgan fingerprint density at radius 2 is 1.93 bits per heavy atom. The van der Waals surface area contributed by atoms with E-state index in [9.17, 15) is 0 Å². The fourth-order valence-corrected chi connectivity index (χ4v) is 1.96. The monoisotopic (exact) mass is 218 g/mol. The molecule has 1 aliphatic heterocycles. The topological polar surface area (TPSA) is 36.9 Å². The second-order valence-electron chi connectivity index (χ2n) is 4.28. The molecule has 0 aromatic rings. The Morgan fingerprint density at radius 3 is 2.40 bits per heavy atom. The van der Waals surface area contributed by atoms with E-state index in [-0.39, 0.29) is 18.3 Å². The van der Waals surface area contributed by atoms with E-state index in [2.05, 4.69) is 6.92 Å². The summed E-state index contributed by atoms with van der Waals surface area (Å²) in [5.41, 5.74) is 0. The zero-order valence-corrected chi connectivity index (χ0v) is 10.3. The summed E-state index contributed by atoms with van der Waals surface area (Å²) >= 11 is 0. The highest BCUT2D eigenvalue weighted by Crippen LogP contribution is 2.32. The van der Waals surface area contributed by atoms with Gasteiger partial charge >= 0.3 is 0 Å². The van der Waals surface area contributed by atoms with Crippen LogP contribution in [0.5, 0.6) is 0 Å². The average Bonchev–Trinajstić information content (AvgIpc) is 2.50. The maximum atomic E-state index is 5.83. The van der Waals surface area contributed by atoms with Gasteiger partial charge in [-0.25, -0.2) is 0 Å². The molecule has 90 valence electrons. The molecule has 0 bridgehead atoms. The van der Waals surface area contributed by atoms with Gasteiger partial charge in [0.2, 0.25) is 0 Å². The lowest BCUT2D eigenvalue weighted by Crippen LogP contribution is -2.39. The quantitative estimate of drug-likeness (QED) is 0.702. The van der Waals surface area contributed by atoms with Crippen LogP contribution < -0.4 is 0 Å². The van der Waals surface area contributed by atoms with Gasteiger partial charge in [0, 0.05) is 14.2 Å². The average molecular weight is 218 g/mol. The number of hydrogen-bond acceptors (Lipinski definition) is 4. The van der Waals surface area contributed by atoms with Crippen molar-refractivity contribution in [3.8, 4) is 0 Å². The Hall–Kier alpha value is -0.160. The first-order valence-corrected chi connectivity index (χ1v) is 5.41. The summed E-state index contributed by atoms with van der Waals surface area (Å²) in [5, 5.41) is 0. The highest BCUT2D eigenvalue weighted by molar-refractivity contribution is 4.86. The van der Waals surface area contributed by atoms with Crippen molar-refractivity contribution in [3.05, 3.63) is 0 Å². The SMILES string of the molecule is CCC1OC(C)(C)OC1C(COC)OC. The fourth-order valence-electron chi connectivity index (χ4n) is 1.96. The van der Waals surface area contributed by atoms with Gasteiger partial charge in [0.15, 0.2) is 5.79 Å². The van der Waals surface area contributed by atoms with Gasteiger partial charge in [-0.2, -0.15) is 0 Å². The maximum absolute atomic E-state index is 5.83. The smallest absolute Gasteiger partial charge is 0.163 e. The minimum atomic E-state index is -0.518. The summed E-state index contributed by atoms with van der Waals surface area (Å²) < 4.78 is 22.1. The normalized spacial score (nSPS) is 31.8. The zero-order chi connectivity index (χ0) is 11.5. The van der Waals surface area contributed by atoms with E-state index in [1.807, 2.05) is 13.8 Å². The second-order valence-corrected chi connectivity index (χ2v) is 4.28. The van der Waals surface area contributed by atoms with Crippen molar-refractivity contribution in [3.63, 3.8) is 0 Å². The molecule has 0 spiro atoms. The van der Waals surface area contributed by atoms with E-state index < -0.39 is 5.79 Å². The molecule has 4 nitrogen and oxygen atoms in total. The largest absolute Gasteiger partial charge is 0.382 e. The second kappa shape index (κ2) is 5.25. The highest BCUT2D eigenvalue weighted by atomic mass is 16.8. The van der Waals surface area contributed by atoms with Gasteiger partial charge < -0.3 is 18.9 Å². The first kappa shape index (κ1) is 12.9. The molecule has 3 atom stereocenters. The molecule has 15 heavy (non-hydrogen) atoms. The highest BCUT2D eigenvalue weighted by Gasteiger charge is 2.44. The van der Waals surface area contributed by atoms with E-state index in [1.165, 1.54) is 0 Å². The van der Waals surface area contributed by atoms with Crippen LogP contribution in [0.15, 0.2) is 0 Å². The molecular weight excluding hydrogens is 196 g/mol. The van der Waals surface area contributed by atoms with Gasteiger partial charge in [0.25, 0.3) is 0 Å². The van der Waals surface area contributed by atoms with Crippen LogP contribution in [-0.2, 0) is 18.9 Å². The van der Waals surface area contributed by atoms with Gasteiger partial charge in [-0.05, 0) is 20.3 Å². The Morgan fingerprint density at radius 1 is 1.27 bits per heavy atom. The molecule has 0 aliphatic carbocycles. The third-order valence-electron chi connectivity index (χ3n) is 2.62. The summed E-state index contributed by atoms with van der Waals surface area (Å²) in [6.45, 7) is 6.46. The summed E-state index contributed by atoms with van der Waals surface area (Å²) in [6, 6.07) is 0. The molecule has 0 saturated carbocycles. The van der Waals surface area contributed by atoms with Crippen molar-refractivity contribution in [2.75, 3.05) is 20.8 Å². The van der Waals surface area contributed by atoms with Crippen molar-refractivity contribution in [2.24, 2.45) is 0 Å². The molecule has 0 radical (unpaired) electrons. The summed E-state index contributed by atoms with van der Waals surface area (Å²) in [7, 11) is 3.33.